The van der Waals surface area contributed by atoms with E-state index in [0.29, 0.717) is 0 Å². The Morgan fingerprint density at radius 3 is 1.05 bits per heavy atom. The van der Waals surface area contributed by atoms with Gasteiger partial charge in [0.2, 0.25) is 0 Å². The third-order valence-corrected chi connectivity index (χ3v) is 17.3. The van der Waals surface area contributed by atoms with E-state index in [1.807, 2.05) is 0 Å². The van der Waals surface area contributed by atoms with Gasteiger partial charge in [-0.1, -0.05) is 103 Å². The third kappa shape index (κ3) is 5.69. The summed E-state index contributed by atoms with van der Waals surface area (Å²) in [5.74, 6) is 8.63. The van der Waals surface area contributed by atoms with Crippen molar-refractivity contribution in [1.82, 2.24) is 0 Å². The Labute approximate surface area is 245 Å². The maximum atomic E-state index is 2.67. The van der Waals surface area contributed by atoms with Crippen LogP contribution in [-0.2, 0) is 0 Å². The largest absolute Gasteiger partial charge is 0.155 e. The van der Waals surface area contributed by atoms with E-state index in [1.54, 1.807) is 141 Å². The van der Waals surface area contributed by atoms with Gasteiger partial charge in [0.1, 0.15) is 0 Å². The summed E-state index contributed by atoms with van der Waals surface area (Å²) in [6, 6.07) is 0. The van der Waals surface area contributed by atoms with Crippen LogP contribution in [0.15, 0.2) is 0 Å². The van der Waals surface area contributed by atoms with E-state index in [2.05, 4.69) is 23.5 Å². The summed E-state index contributed by atoms with van der Waals surface area (Å²) in [5, 5.41) is 4.05. The van der Waals surface area contributed by atoms with Gasteiger partial charge in [-0.15, -0.1) is 0 Å². The maximum absolute atomic E-state index is 2.67. The standard InChI is InChI=1S/C36H60S2/c1-3-13-25(14-4-1)27-19-11-23-33-35(27)36-28(26-15-5-2-6-16-26)20-12-24-34(36)38-32-22-10-8-18-30(32)29-17-7-9-21-31(29)37-33/h25-36H,1-24H2. The Kier molecular flexibility index (Phi) is 9.36. The van der Waals surface area contributed by atoms with Crippen molar-refractivity contribution in [2.24, 2.45) is 47.3 Å². The molecule has 10 atom stereocenters. The second kappa shape index (κ2) is 12.9. The molecule has 1 aliphatic heterocycles. The normalized spacial score (nSPS) is 47.7. The molecule has 0 radical (unpaired) electrons. The van der Waals surface area contributed by atoms with Crippen LogP contribution < -0.4 is 0 Å². The van der Waals surface area contributed by atoms with Gasteiger partial charge in [0.25, 0.3) is 0 Å². The number of rotatable bonds is 2. The summed E-state index contributed by atoms with van der Waals surface area (Å²) in [7, 11) is 0. The Balaban J connectivity index is 1.28. The quantitative estimate of drug-likeness (QED) is 0.332. The van der Waals surface area contributed by atoms with Gasteiger partial charge in [0.15, 0.2) is 0 Å². The van der Waals surface area contributed by atoms with E-state index in [9.17, 15) is 0 Å². The second-order valence-corrected chi connectivity index (χ2v) is 18.4. The summed E-state index contributed by atoms with van der Waals surface area (Å²) in [6.45, 7) is 0. The first-order valence-electron chi connectivity index (χ1n) is 18.2. The zero-order valence-electron chi connectivity index (χ0n) is 24.7. The Hall–Kier alpha value is 0.700. The highest BCUT2D eigenvalue weighted by Gasteiger charge is 2.53. The summed E-state index contributed by atoms with van der Waals surface area (Å²) in [4.78, 5) is 0. The first-order chi connectivity index (χ1) is 18.9. The van der Waals surface area contributed by atoms with Crippen LogP contribution in [0.5, 0.6) is 0 Å². The van der Waals surface area contributed by atoms with Crippen molar-refractivity contribution in [2.75, 3.05) is 0 Å². The molecule has 7 rings (SSSR count). The van der Waals surface area contributed by atoms with Crippen LogP contribution in [0, 0.1) is 47.3 Å². The molecule has 0 nitrogen and oxygen atoms in total. The molecular formula is C36H60S2. The van der Waals surface area contributed by atoms with Gasteiger partial charge in [-0.05, 0) is 98.7 Å². The zero-order chi connectivity index (χ0) is 25.3. The van der Waals surface area contributed by atoms with Gasteiger partial charge < -0.3 is 0 Å². The van der Waals surface area contributed by atoms with Crippen molar-refractivity contribution < 1.29 is 0 Å². The van der Waals surface area contributed by atoms with Crippen LogP contribution in [0.2, 0.25) is 0 Å². The number of fused-ring (bicyclic) bond motifs is 6. The molecule has 1 saturated heterocycles. The van der Waals surface area contributed by atoms with Crippen LogP contribution in [0.1, 0.15) is 154 Å². The van der Waals surface area contributed by atoms with Gasteiger partial charge in [-0.3, -0.25) is 0 Å². The van der Waals surface area contributed by atoms with Crippen LogP contribution in [0.25, 0.3) is 0 Å². The van der Waals surface area contributed by atoms with Crippen molar-refractivity contribution in [1.29, 1.82) is 0 Å². The summed E-state index contributed by atoms with van der Waals surface area (Å²) < 4.78 is 0. The fourth-order valence-corrected chi connectivity index (χ4v) is 16.4. The molecule has 0 N–H and O–H groups in total. The molecule has 10 unspecified atom stereocenters. The molecule has 6 aliphatic carbocycles. The Morgan fingerprint density at radius 1 is 0.263 bits per heavy atom. The molecule has 38 heavy (non-hydrogen) atoms. The second-order valence-electron chi connectivity index (χ2n) is 15.5. The molecule has 0 bridgehead atoms. The molecule has 7 aliphatic rings. The predicted octanol–water partition coefficient (Wildman–Crippen LogP) is 11.3. The predicted molar refractivity (Wildman–Crippen MR) is 169 cm³/mol. The van der Waals surface area contributed by atoms with Gasteiger partial charge in [0, 0.05) is 21.0 Å². The molecule has 0 aromatic carbocycles. The molecule has 1 heterocycles. The van der Waals surface area contributed by atoms with Crippen LogP contribution in [0.4, 0.5) is 0 Å². The van der Waals surface area contributed by atoms with Crippen molar-refractivity contribution in [3.63, 3.8) is 0 Å². The fourth-order valence-electron chi connectivity index (χ4n) is 12.1. The molecule has 7 fully saturated rings. The molecule has 0 amide bonds. The topological polar surface area (TPSA) is 0 Å². The van der Waals surface area contributed by atoms with Crippen molar-refractivity contribution in [3.8, 4) is 0 Å². The highest BCUT2D eigenvalue weighted by Crippen LogP contribution is 2.60. The van der Waals surface area contributed by atoms with Crippen LogP contribution in [0.3, 0.4) is 0 Å². The van der Waals surface area contributed by atoms with E-state index in [-0.39, 0.29) is 0 Å². The molecule has 2 heteroatoms. The lowest BCUT2D eigenvalue weighted by Gasteiger charge is -2.57. The summed E-state index contributed by atoms with van der Waals surface area (Å²) in [5.41, 5.74) is 0. The summed E-state index contributed by atoms with van der Waals surface area (Å²) in [6.07, 6.45) is 37.6. The van der Waals surface area contributed by atoms with E-state index in [1.165, 1.54) is 12.8 Å². The first kappa shape index (κ1) is 27.5. The molecule has 0 spiro atoms. The minimum absolute atomic E-state index is 1.01. The fraction of sp³-hybridized carbons (Fsp3) is 1.00. The van der Waals surface area contributed by atoms with Gasteiger partial charge >= 0.3 is 0 Å². The van der Waals surface area contributed by atoms with E-state index < -0.39 is 0 Å². The average molecular weight is 557 g/mol. The lowest BCUT2D eigenvalue weighted by molar-refractivity contribution is 0.0187. The van der Waals surface area contributed by atoms with Crippen molar-refractivity contribution >= 4 is 23.5 Å². The Morgan fingerprint density at radius 2 is 0.605 bits per heavy atom. The zero-order valence-corrected chi connectivity index (χ0v) is 26.3. The van der Waals surface area contributed by atoms with E-state index >= 15 is 0 Å². The minimum Gasteiger partial charge on any atom is -0.155 e. The number of hydrogen-bond acceptors (Lipinski definition) is 2. The smallest absolute Gasteiger partial charge is 0.00841 e. The van der Waals surface area contributed by atoms with E-state index in [0.717, 1.165) is 68.3 Å². The molecule has 216 valence electrons. The minimum atomic E-state index is 1.01. The first-order valence-corrected chi connectivity index (χ1v) is 20.1. The molecule has 0 aromatic heterocycles. The van der Waals surface area contributed by atoms with Crippen molar-refractivity contribution in [3.05, 3.63) is 0 Å². The highest BCUT2D eigenvalue weighted by atomic mass is 32.2. The molecule has 0 aromatic rings. The SMILES string of the molecule is C1CCC(C2CCCC3SC4CCCCC4C4CCCCC4SC4CCCC(C5CCCCC5)C4C32)CC1. The lowest BCUT2D eigenvalue weighted by Crippen LogP contribution is -2.51. The molecular weight excluding hydrogens is 497 g/mol. The monoisotopic (exact) mass is 556 g/mol. The van der Waals surface area contributed by atoms with E-state index in [4.69, 9.17) is 0 Å². The highest BCUT2D eigenvalue weighted by molar-refractivity contribution is 8.01. The van der Waals surface area contributed by atoms with Crippen LogP contribution >= 0.6 is 23.5 Å². The van der Waals surface area contributed by atoms with Crippen LogP contribution in [-0.4, -0.2) is 21.0 Å². The van der Waals surface area contributed by atoms with Crippen molar-refractivity contribution in [2.45, 2.75) is 175 Å². The summed E-state index contributed by atoms with van der Waals surface area (Å²) >= 11 is 5.35. The van der Waals surface area contributed by atoms with Gasteiger partial charge in [0.05, 0.1) is 0 Å². The lowest BCUT2D eigenvalue weighted by atomic mass is 9.56. The number of hydrogen-bond donors (Lipinski definition) is 0. The number of thioether (sulfide) groups is 2. The molecule has 6 saturated carbocycles. The maximum Gasteiger partial charge on any atom is 0.00841 e. The van der Waals surface area contributed by atoms with Gasteiger partial charge in [-0.2, -0.15) is 23.5 Å². The average Bonchev–Trinajstić information content (AvgIpc) is 2.99. The third-order valence-electron chi connectivity index (χ3n) is 13.6. The Bertz CT molecular complexity index is 676. The van der Waals surface area contributed by atoms with Gasteiger partial charge in [-0.25, -0.2) is 0 Å².